The van der Waals surface area contributed by atoms with Crippen molar-refractivity contribution in [3.05, 3.63) is 0 Å². The molecule has 0 spiro atoms. The van der Waals surface area contributed by atoms with Gasteiger partial charge in [0.1, 0.15) is 0 Å². The predicted molar refractivity (Wildman–Crippen MR) is 62.2 cm³/mol. The van der Waals surface area contributed by atoms with Gasteiger partial charge in [-0.2, -0.15) is 0 Å². The van der Waals surface area contributed by atoms with E-state index in [0.717, 1.165) is 25.7 Å². The number of nitrogens with one attached hydrogen (secondary N) is 1. The summed E-state index contributed by atoms with van der Waals surface area (Å²) < 4.78 is 0. The quantitative estimate of drug-likeness (QED) is 0.382. The molecule has 0 radical (unpaired) electrons. The van der Waals surface area contributed by atoms with Gasteiger partial charge in [-0.25, -0.2) is 0 Å². The first kappa shape index (κ1) is 14.3. The smallest absolute Gasteiger partial charge is 0.236 e. The van der Waals surface area contributed by atoms with Crippen molar-refractivity contribution in [1.29, 1.82) is 0 Å². The van der Waals surface area contributed by atoms with Gasteiger partial charge in [-0.15, -0.1) is 0 Å². The van der Waals surface area contributed by atoms with Crippen LogP contribution in [0.3, 0.4) is 0 Å². The van der Waals surface area contributed by atoms with E-state index in [1.807, 2.05) is 0 Å². The van der Waals surface area contributed by atoms with Crippen LogP contribution in [0, 0.1) is 0 Å². The molecular formula is C10H24N4O. The Hall–Kier alpha value is -0.650. The van der Waals surface area contributed by atoms with Crippen molar-refractivity contribution in [2.24, 2.45) is 17.2 Å². The van der Waals surface area contributed by atoms with Crippen LogP contribution in [0.5, 0.6) is 0 Å². The number of hydrogen-bond acceptors (Lipinski definition) is 4. The average Bonchev–Trinajstić information content (AvgIpc) is 2.24. The molecule has 0 aromatic heterocycles. The minimum absolute atomic E-state index is 0.0657. The van der Waals surface area contributed by atoms with Crippen molar-refractivity contribution < 1.29 is 4.79 Å². The van der Waals surface area contributed by atoms with E-state index in [0.29, 0.717) is 26.1 Å². The van der Waals surface area contributed by atoms with Crippen LogP contribution in [0.4, 0.5) is 0 Å². The summed E-state index contributed by atoms with van der Waals surface area (Å²) in [5.74, 6) is -0.0657. The van der Waals surface area contributed by atoms with Crippen LogP contribution < -0.4 is 22.5 Å². The highest BCUT2D eigenvalue weighted by Crippen LogP contribution is 1.97. The molecule has 15 heavy (non-hydrogen) atoms. The van der Waals surface area contributed by atoms with Gasteiger partial charge in [-0.1, -0.05) is 6.42 Å². The maximum absolute atomic E-state index is 11.4. The molecule has 1 amide bonds. The molecule has 0 aliphatic heterocycles. The summed E-state index contributed by atoms with van der Waals surface area (Å²) in [5, 5.41) is 2.79. The number of hydrogen-bond donors (Lipinski definition) is 4. The van der Waals surface area contributed by atoms with Crippen molar-refractivity contribution >= 4 is 5.91 Å². The van der Waals surface area contributed by atoms with Gasteiger partial charge in [0.25, 0.3) is 0 Å². The summed E-state index contributed by atoms with van der Waals surface area (Å²) in [6, 6.07) is -0.394. The van der Waals surface area contributed by atoms with E-state index >= 15 is 0 Å². The van der Waals surface area contributed by atoms with Crippen LogP contribution in [0.25, 0.3) is 0 Å². The highest BCUT2D eigenvalue weighted by atomic mass is 16.2. The van der Waals surface area contributed by atoms with E-state index in [2.05, 4.69) is 5.32 Å². The molecule has 0 bridgehead atoms. The van der Waals surface area contributed by atoms with Crippen molar-refractivity contribution in [3.8, 4) is 0 Å². The van der Waals surface area contributed by atoms with Gasteiger partial charge in [0.2, 0.25) is 5.91 Å². The number of unbranched alkanes of at least 4 members (excludes halogenated alkanes) is 2. The van der Waals surface area contributed by atoms with Crippen LogP contribution in [-0.4, -0.2) is 31.6 Å². The van der Waals surface area contributed by atoms with Gasteiger partial charge in [0.15, 0.2) is 0 Å². The SMILES string of the molecule is NCCCCNC(=O)[C@@H](N)CCCCN. The van der Waals surface area contributed by atoms with Gasteiger partial charge in [0, 0.05) is 6.54 Å². The molecule has 1 atom stereocenters. The fourth-order valence-corrected chi connectivity index (χ4v) is 1.25. The van der Waals surface area contributed by atoms with Crippen molar-refractivity contribution in [2.75, 3.05) is 19.6 Å². The minimum Gasteiger partial charge on any atom is -0.355 e. The second kappa shape index (κ2) is 9.89. The molecule has 7 N–H and O–H groups in total. The Balaban J connectivity index is 3.42. The first-order valence-corrected chi connectivity index (χ1v) is 5.65. The topological polar surface area (TPSA) is 107 Å². The van der Waals surface area contributed by atoms with E-state index in [4.69, 9.17) is 17.2 Å². The van der Waals surface area contributed by atoms with E-state index in [1.165, 1.54) is 0 Å². The summed E-state index contributed by atoms with van der Waals surface area (Å²) in [5.41, 5.74) is 16.4. The Kier molecular flexibility index (Phi) is 9.46. The Morgan fingerprint density at radius 2 is 1.67 bits per heavy atom. The van der Waals surface area contributed by atoms with Crippen LogP contribution in [0.2, 0.25) is 0 Å². The molecule has 0 aromatic carbocycles. The van der Waals surface area contributed by atoms with Crippen molar-refractivity contribution in [1.82, 2.24) is 5.32 Å². The van der Waals surface area contributed by atoms with E-state index < -0.39 is 6.04 Å². The summed E-state index contributed by atoms with van der Waals surface area (Å²) >= 11 is 0. The normalized spacial score (nSPS) is 12.5. The third-order valence-electron chi connectivity index (χ3n) is 2.24. The Morgan fingerprint density at radius 1 is 1.07 bits per heavy atom. The Bertz CT molecular complexity index is 164. The number of carbonyl (C=O) groups excluding carboxylic acids is 1. The van der Waals surface area contributed by atoms with Crippen LogP contribution >= 0.6 is 0 Å². The van der Waals surface area contributed by atoms with Gasteiger partial charge < -0.3 is 22.5 Å². The molecule has 0 unspecified atom stereocenters. The largest absolute Gasteiger partial charge is 0.355 e. The molecule has 0 aliphatic rings. The molecule has 0 aliphatic carbocycles. The molecule has 0 fully saturated rings. The zero-order valence-corrected chi connectivity index (χ0v) is 9.37. The number of rotatable bonds is 9. The third-order valence-corrected chi connectivity index (χ3v) is 2.24. The average molecular weight is 216 g/mol. The highest BCUT2D eigenvalue weighted by molar-refractivity contribution is 5.81. The summed E-state index contributed by atoms with van der Waals surface area (Å²) in [6.07, 6.45) is 4.39. The number of amides is 1. The summed E-state index contributed by atoms with van der Waals surface area (Å²) in [7, 11) is 0. The molecule has 0 saturated heterocycles. The zero-order valence-electron chi connectivity index (χ0n) is 9.37. The lowest BCUT2D eigenvalue weighted by atomic mass is 10.1. The predicted octanol–water partition coefficient (Wildman–Crippen LogP) is -0.702. The monoisotopic (exact) mass is 216 g/mol. The molecule has 5 heteroatoms. The molecule has 0 aromatic rings. The van der Waals surface area contributed by atoms with Gasteiger partial charge in [-0.05, 0) is 38.8 Å². The number of carbonyl (C=O) groups is 1. The summed E-state index contributed by atoms with van der Waals surface area (Å²) in [4.78, 5) is 11.4. The van der Waals surface area contributed by atoms with Crippen LogP contribution in [0.15, 0.2) is 0 Å². The third kappa shape index (κ3) is 8.35. The van der Waals surface area contributed by atoms with E-state index in [9.17, 15) is 4.79 Å². The van der Waals surface area contributed by atoms with Crippen LogP contribution in [-0.2, 0) is 4.79 Å². The molecule has 90 valence electrons. The van der Waals surface area contributed by atoms with Crippen molar-refractivity contribution in [3.63, 3.8) is 0 Å². The van der Waals surface area contributed by atoms with Crippen LogP contribution in [0.1, 0.15) is 32.1 Å². The van der Waals surface area contributed by atoms with Gasteiger partial charge in [-0.3, -0.25) is 4.79 Å². The zero-order chi connectivity index (χ0) is 11.5. The van der Waals surface area contributed by atoms with E-state index in [1.54, 1.807) is 0 Å². The molecular weight excluding hydrogens is 192 g/mol. The molecule has 0 saturated carbocycles. The standard InChI is InChI=1S/C10H24N4O/c11-6-2-1-5-9(13)10(15)14-8-4-3-7-12/h9H,1-8,11-13H2,(H,14,15)/t9-/m0/s1. The Labute approximate surface area is 91.8 Å². The second-order valence-corrected chi connectivity index (χ2v) is 3.68. The molecule has 5 nitrogen and oxygen atoms in total. The second-order valence-electron chi connectivity index (χ2n) is 3.68. The number of nitrogens with two attached hydrogens (primary N) is 3. The maximum atomic E-state index is 11.4. The summed E-state index contributed by atoms with van der Waals surface area (Å²) in [6.45, 7) is 1.99. The van der Waals surface area contributed by atoms with Gasteiger partial charge in [0.05, 0.1) is 6.04 Å². The lowest BCUT2D eigenvalue weighted by Gasteiger charge is -2.11. The lowest BCUT2D eigenvalue weighted by molar-refractivity contribution is -0.122. The molecule has 0 heterocycles. The highest BCUT2D eigenvalue weighted by Gasteiger charge is 2.11. The molecule has 0 rings (SSSR count). The lowest BCUT2D eigenvalue weighted by Crippen LogP contribution is -2.41. The minimum atomic E-state index is -0.394. The fraction of sp³-hybridized carbons (Fsp3) is 0.900. The van der Waals surface area contributed by atoms with Gasteiger partial charge >= 0.3 is 0 Å². The van der Waals surface area contributed by atoms with Crippen molar-refractivity contribution in [2.45, 2.75) is 38.1 Å². The Morgan fingerprint density at radius 3 is 2.27 bits per heavy atom. The fourth-order valence-electron chi connectivity index (χ4n) is 1.25. The first-order chi connectivity index (χ1) is 7.22. The maximum Gasteiger partial charge on any atom is 0.236 e. The van der Waals surface area contributed by atoms with E-state index in [-0.39, 0.29) is 5.91 Å². The first-order valence-electron chi connectivity index (χ1n) is 5.65.